The molecule has 0 radical (unpaired) electrons. The van der Waals surface area contributed by atoms with Gasteiger partial charge in [0.15, 0.2) is 5.96 Å². The van der Waals surface area contributed by atoms with Gasteiger partial charge >= 0.3 is 0 Å². The number of nitrogens with one attached hydrogen (secondary N) is 3. The van der Waals surface area contributed by atoms with E-state index in [2.05, 4.69) is 44.1 Å². The molecule has 0 aliphatic carbocycles. The van der Waals surface area contributed by atoms with Crippen molar-refractivity contribution >= 4 is 57.2 Å². The molecule has 0 saturated heterocycles. The monoisotopic (exact) mass is 525 g/mol. The van der Waals surface area contributed by atoms with E-state index in [9.17, 15) is 5.11 Å². The molecule has 3 rings (SSSR count). The standard InChI is InChI=1S/C21H27N5OS.HI/c1-22-21(25-13-7-6-12-24-20-10-4-5-11-23-20)26-15-17(27)19-14-16-8-2-3-9-18(16)28-19;/h2-5,8-11,14,17,27H,6-7,12-13,15H2,1H3,(H,23,24)(H2,22,25,26);1H. The van der Waals surface area contributed by atoms with Gasteiger partial charge in [0.05, 0.1) is 0 Å². The number of hydrogen-bond acceptors (Lipinski definition) is 5. The van der Waals surface area contributed by atoms with Gasteiger partial charge in [0.2, 0.25) is 0 Å². The first kappa shape index (κ1) is 23.4. The van der Waals surface area contributed by atoms with Gasteiger partial charge in [-0.3, -0.25) is 4.99 Å². The second-order valence-electron chi connectivity index (χ2n) is 6.43. The number of aliphatic imine (C=N–C) groups is 1. The van der Waals surface area contributed by atoms with E-state index in [1.54, 1.807) is 24.6 Å². The predicted molar refractivity (Wildman–Crippen MR) is 134 cm³/mol. The molecule has 1 unspecified atom stereocenters. The molecule has 0 bridgehead atoms. The van der Waals surface area contributed by atoms with Crippen molar-refractivity contribution in [2.24, 2.45) is 4.99 Å². The highest BCUT2D eigenvalue weighted by atomic mass is 127. The molecule has 3 aromatic rings. The molecule has 0 amide bonds. The molecule has 0 spiro atoms. The van der Waals surface area contributed by atoms with E-state index in [4.69, 9.17) is 0 Å². The minimum absolute atomic E-state index is 0. The topological polar surface area (TPSA) is 81.6 Å². The van der Waals surface area contributed by atoms with Crippen LogP contribution in [0.1, 0.15) is 23.8 Å². The number of guanidine groups is 1. The Kier molecular flexibility index (Phi) is 10.2. The van der Waals surface area contributed by atoms with Gasteiger partial charge < -0.3 is 21.1 Å². The lowest BCUT2D eigenvalue weighted by Crippen LogP contribution is -2.39. The number of aliphatic hydroxyl groups is 1. The van der Waals surface area contributed by atoms with Crippen molar-refractivity contribution in [1.29, 1.82) is 0 Å². The van der Waals surface area contributed by atoms with Crippen LogP contribution < -0.4 is 16.0 Å². The molecule has 0 aliphatic rings. The van der Waals surface area contributed by atoms with Crippen molar-refractivity contribution in [2.75, 3.05) is 32.0 Å². The van der Waals surface area contributed by atoms with Crippen LogP contribution in [-0.4, -0.2) is 42.7 Å². The Labute approximate surface area is 192 Å². The summed E-state index contributed by atoms with van der Waals surface area (Å²) in [4.78, 5) is 9.42. The smallest absolute Gasteiger partial charge is 0.191 e. The third kappa shape index (κ3) is 7.45. The number of hydrogen-bond donors (Lipinski definition) is 4. The summed E-state index contributed by atoms with van der Waals surface area (Å²) in [5, 5.41) is 21.4. The summed E-state index contributed by atoms with van der Waals surface area (Å²) in [7, 11) is 1.74. The van der Waals surface area contributed by atoms with Crippen LogP contribution in [0.15, 0.2) is 59.7 Å². The predicted octanol–water partition coefficient (Wildman–Crippen LogP) is 4.01. The number of aromatic nitrogens is 1. The average molecular weight is 525 g/mol. The molecular formula is C21H28IN5OS. The second kappa shape index (κ2) is 12.6. The number of anilines is 1. The molecule has 2 heterocycles. The summed E-state index contributed by atoms with van der Waals surface area (Å²) in [6.07, 6.45) is 3.27. The molecule has 4 N–H and O–H groups in total. The van der Waals surface area contributed by atoms with Crippen LogP contribution in [0.25, 0.3) is 10.1 Å². The number of unbranched alkanes of at least 4 members (excludes halogenated alkanes) is 1. The van der Waals surface area contributed by atoms with Crippen LogP contribution in [0.4, 0.5) is 5.82 Å². The zero-order valence-electron chi connectivity index (χ0n) is 16.5. The first-order valence-corrected chi connectivity index (χ1v) is 10.3. The van der Waals surface area contributed by atoms with Gasteiger partial charge in [-0.25, -0.2) is 4.98 Å². The molecule has 0 aliphatic heterocycles. The van der Waals surface area contributed by atoms with Gasteiger partial charge in [-0.05, 0) is 42.5 Å². The molecule has 29 heavy (non-hydrogen) atoms. The highest BCUT2D eigenvalue weighted by Crippen LogP contribution is 2.29. The van der Waals surface area contributed by atoms with Gasteiger partial charge in [-0.1, -0.05) is 24.3 Å². The van der Waals surface area contributed by atoms with Gasteiger partial charge in [0.25, 0.3) is 0 Å². The summed E-state index contributed by atoms with van der Waals surface area (Å²) in [5.41, 5.74) is 0. The number of benzene rings is 1. The Morgan fingerprint density at radius 3 is 2.66 bits per heavy atom. The highest BCUT2D eigenvalue weighted by molar-refractivity contribution is 14.0. The van der Waals surface area contributed by atoms with E-state index in [-0.39, 0.29) is 24.0 Å². The fourth-order valence-electron chi connectivity index (χ4n) is 2.82. The molecule has 1 atom stereocenters. The number of pyridine rings is 1. The Hall–Kier alpha value is -1.91. The molecule has 0 fully saturated rings. The summed E-state index contributed by atoms with van der Waals surface area (Å²) in [6, 6.07) is 16.1. The number of fused-ring (bicyclic) bond motifs is 1. The summed E-state index contributed by atoms with van der Waals surface area (Å²) in [5.74, 6) is 1.61. The number of halogens is 1. The van der Waals surface area contributed by atoms with Crippen LogP contribution in [0.5, 0.6) is 0 Å². The molecular weight excluding hydrogens is 497 g/mol. The molecule has 6 nitrogen and oxygen atoms in total. The van der Waals surface area contributed by atoms with Crippen LogP contribution in [0.3, 0.4) is 0 Å². The summed E-state index contributed by atoms with van der Waals surface area (Å²) < 4.78 is 1.19. The lowest BCUT2D eigenvalue weighted by Gasteiger charge is -2.14. The summed E-state index contributed by atoms with van der Waals surface area (Å²) in [6.45, 7) is 2.13. The fourth-order valence-corrected chi connectivity index (χ4v) is 3.87. The number of nitrogens with zero attached hydrogens (tertiary/aromatic N) is 2. The summed E-state index contributed by atoms with van der Waals surface area (Å²) >= 11 is 1.63. The van der Waals surface area contributed by atoms with Crippen LogP contribution in [0, 0.1) is 0 Å². The van der Waals surface area contributed by atoms with Crippen molar-refractivity contribution < 1.29 is 5.11 Å². The molecule has 156 valence electrons. The maximum atomic E-state index is 10.5. The average Bonchev–Trinajstić information content (AvgIpc) is 3.17. The zero-order valence-corrected chi connectivity index (χ0v) is 19.6. The van der Waals surface area contributed by atoms with Crippen molar-refractivity contribution in [3.05, 3.63) is 59.6 Å². The maximum absolute atomic E-state index is 10.5. The lowest BCUT2D eigenvalue weighted by atomic mass is 10.2. The van der Waals surface area contributed by atoms with E-state index in [0.717, 1.165) is 36.6 Å². The van der Waals surface area contributed by atoms with Crippen molar-refractivity contribution in [3.8, 4) is 0 Å². The Bertz CT molecular complexity index is 854. The number of aliphatic hydroxyl groups excluding tert-OH is 1. The van der Waals surface area contributed by atoms with Crippen LogP contribution in [-0.2, 0) is 0 Å². The lowest BCUT2D eigenvalue weighted by molar-refractivity contribution is 0.184. The molecule has 1 aromatic carbocycles. The van der Waals surface area contributed by atoms with Crippen molar-refractivity contribution in [3.63, 3.8) is 0 Å². The second-order valence-corrected chi connectivity index (χ2v) is 7.55. The first-order valence-electron chi connectivity index (χ1n) is 9.52. The number of thiophene rings is 1. The van der Waals surface area contributed by atoms with E-state index < -0.39 is 6.10 Å². The van der Waals surface area contributed by atoms with Crippen LogP contribution >= 0.6 is 35.3 Å². The Balaban J connectivity index is 0.00000300. The Morgan fingerprint density at radius 2 is 1.90 bits per heavy atom. The minimum atomic E-state index is -0.557. The number of rotatable bonds is 9. The van der Waals surface area contributed by atoms with Gasteiger partial charge in [-0.15, -0.1) is 35.3 Å². The quantitative estimate of drug-likeness (QED) is 0.147. The third-order valence-electron chi connectivity index (χ3n) is 4.33. The van der Waals surface area contributed by atoms with E-state index in [1.807, 2.05) is 30.3 Å². The van der Waals surface area contributed by atoms with Gasteiger partial charge in [0, 0.05) is 42.5 Å². The normalized spacial score (nSPS) is 12.3. The highest BCUT2D eigenvalue weighted by Gasteiger charge is 2.12. The SMILES string of the molecule is CN=C(NCCCCNc1ccccn1)NCC(O)c1cc2ccccc2s1.I. The zero-order chi connectivity index (χ0) is 19.6. The first-order chi connectivity index (χ1) is 13.8. The van der Waals surface area contributed by atoms with E-state index >= 15 is 0 Å². The third-order valence-corrected chi connectivity index (χ3v) is 5.54. The van der Waals surface area contributed by atoms with Gasteiger partial charge in [0.1, 0.15) is 11.9 Å². The molecule has 8 heteroatoms. The maximum Gasteiger partial charge on any atom is 0.191 e. The minimum Gasteiger partial charge on any atom is -0.386 e. The largest absolute Gasteiger partial charge is 0.386 e. The fraction of sp³-hybridized carbons (Fsp3) is 0.333. The molecule has 2 aromatic heterocycles. The van der Waals surface area contributed by atoms with Crippen molar-refractivity contribution in [2.45, 2.75) is 18.9 Å². The Morgan fingerprint density at radius 1 is 1.10 bits per heavy atom. The van der Waals surface area contributed by atoms with E-state index in [1.165, 1.54) is 10.1 Å². The van der Waals surface area contributed by atoms with Gasteiger partial charge in [-0.2, -0.15) is 0 Å². The van der Waals surface area contributed by atoms with E-state index in [0.29, 0.717) is 12.5 Å². The van der Waals surface area contributed by atoms with Crippen LogP contribution in [0.2, 0.25) is 0 Å². The van der Waals surface area contributed by atoms with Crippen molar-refractivity contribution in [1.82, 2.24) is 15.6 Å². The molecule has 0 saturated carbocycles.